The lowest BCUT2D eigenvalue weighted by Gasteiger charge is -2.33. The van der Waals surface area contributed by atoms with Gasteiger partial charge in [0.25, 0.3) is 0 Å². The summed E-state index contributed by atoms with van der Waals surface area (Å²) in [6, 6.07) is 8.22. The minimum atomic E-state index is 0.288. The second kappa shape index (κ2) is 9.00. The molecule has 0 radical (unpaired) electrons. The van der Waals surface area contributed by atoms with E-state index in [9.17, 15) is 5.26 Å². The number of nitriles is 1. The van der Waals surface area contributed by atoms with Gasteiger partial charge in [-0.05, 0) is 73.8 Å². The lowest BCUT2D eigenvalue weighted by Crippen LogP contribution is -2.26. The predicted molar refractivity (Wildman–Crippen MR) is 120 cm³/mol. The second-order valence-corrected chi connectivity index (χ2v) is 9.52. The highest BCUT2D eigenvalue weighted by molar-refractivity contribution is 7.16. The first-order chi connectivity index (χ1) is 13.9. The Bertz CT molecular complexity index is 932. The van der Waals surface area contributed by atoms with Gasteiger partial charge in [0.2, 0.25) is 0 Å². The lowest BCUT2D eigenvalue weighted by atomic mass is 9.72. The van der Waals surface area contributed by atoms with E-state index in [1.165, 1.54) is 10.4 Å². The van der Waals surface area contributed by atoms with Gasteiger partial charge in [0, 0.05) is 11.1 Å². The topological polar surface area (TPSA) is 54.6 Å². The first kappa shape index (κ1) is 21.4. The van der Waals surface area contributed by atoms with E-state index in [1.807, 2.05) is 38.3 Å². The molecule has 4 nitrogen and oxygen atoms in total. The lowest BCUT2D eigenvalue weighted by molar-refractivity contribution is 0.218. The van der Waals surface area contributed by atoms with Crippen LogP contribution in [-0.2, 0) is 12.8 Å². The third-order valence-corrected chi connectivity index (χ3v) is 6.64. The van der Waals surface area contributed by atoms with Gasteiger partial charge >= 0.3 is 0 Å². The van der Waals surface area contributed by atoms with Crippen LogP contribution in [0.2, 0.25) is 0 Å². The molecule has 0 amide bonds. The molecular weight excluding hydrogens is 380 g/mol. The number of fused-ring (bicyclic) bond motifs is 1. The van der Waals surface area contributed by atoms with E-state index in [1.54, 1.807) is 11.3 Å². The van der Waals surface area contributed by atoms with Crippen LogP contribution in [0.1, 0.15) is 62.6 Å². The molecule has 3 rings (SSSR count). The number of aliphatic imine (C=N–C) groups is 1. The maximum Gasteiger partial charge on any atom is 0.161 e. The normalized spacial score (nSPS) is 16.5. The van der Waals surface area contributed by atoms with Crippen molar-refractivity contribution >= 4 is 22.6 Å². The Morgan fingerprint density at radius 2 is 1.93 bits per heavy atom. The number of ether oxygens (including phenoxy) is 2. The van der Waals surface area contributed by atoms with Crippen LogP contribution in [0, 0.1) is 22.7 Å². The summed E-state index contributed by atoms with van der Waals surface area (Å²) in [6.45, 7) is 12.0. The smallest absolute Gasteiger partial charge is 0.161 e. The summed E-state index contributed by atoms with van der Waals surface area (Å²) in [6.07, 6.45) is 4.98. The second-order valence-electron chi connectivity index (χ2n) is 8.43. The molecule has 0 spiro atoms. The van der Waals surface area contributed by atoms with Crippen molar-refractivity contribution in [3.8, 4) is 17.6 Å². The maximum atomic E-state index is 9.74. The van der Waals surface area contributed by atoms with Gasteiger partial charge in [-0.1, -0.05) is 20.8 Å². The molecule has 1 aliphatic rings. The van der Waals surface area contributed by atoms with Crippen molar-refractivity contribution in [3.05, 3.63) is 39.8 Å². The summed E-state index contributed by atoms with van der Waals surface area (Å²) < 4.78 is 11.3. The molecule has 29 heavy (non-hydrogen) atoms. The summed E-state index contributed by atoms with van der Waals surface area (Å²) in [5.41, 5.74) is 3.19. The highest BCUT2D eigenvalue weighted by Gasteiger charge is 2.32. The number of nitrogens with zero attached hydrogens (tertiary/aromatic N) is 2. The molecule has 0 unspecified atom stereocenters. The molecule has 0 saturated carbocycles. The Balaban J connectivity index is 1.87. The number of benzene rings is 1. The molecule has 0 N–H and O–H groups in total. The first-order valence-corrected chi connectivity index (χ1v) is 11.2. The molecule has 0 saturated heterocycles. The Morgan fingerprint density at radius 1 is 1.21 bits per heavy atom. The summed E-state index contributed by atoms with van der Waals surface area (Å²) >= 11 is 1.68. The first-order valence-electron chi connectivity index (χ1n) is 10.4. The van der Waals surface area contributed by atoms with E-state index in [2.05, 4.69) is 26.8 Å². The average molecular weight is 411 g/mol. The van der Waals surface area contributed by atoms with Crippen molar-refractivity contribution in [2.24, 2.45) is 16.3 Å². The molecule has 5 heteroatoms. The van der Waals surface area contributed by atoms with Crippen LogP contribution in [0.5, 0.6) is 11.5 Å². The van der Waals surface area contributed by atoms with Crippen molar-refractivity contribution < 1.29 is 9.47 Å². The van der Waals surface area contributed by atoms with Crippen LogP contribution >= 0.6 is 11.3 Å². The van der Waals surface area contributed by atoms with Crippen LogP contribution in [-0.4, -0.2) is 19.4 Å². The van der Waals surface area contributed by atoms with E-state index in [4.69, 9.17) is 14.5 Å². The Hall–Kier alpha value is -2.32. The summed E-state index contributed by atoms with van der Waals surface area (Å²) in [7, 11) is 0. The van der Waals surface area contributed by atoms with Crippen molar-refractivity contribution in [2.45, 2.75) is 53.9 Å². The minimum Gasteiger partial charge on any atom is -0.490 e. The average Bonchev–Trinajstić information content (AvgIpc) is 3.04. The third kappa shape index (κ3) is 4.82. The Kier molecular flexibility index (Phi) is 6.64. The predicted octanol–water partition coefficient (Wildman–Crippen LogP) is 6.32. The van der Waals surface area contributed by atoms with Gasteiger partial charge in [0.05, 0.1) is 18.8 Å². The fourth-order valence-corrected chi connectivity index (χ4v) is 5.02. The molecule has 0 aliphatic heterocycles. The number of rotatable bonds is 6. The number of hydrogen-bond acceptors (Lipinski definition) is 5. The van der Waals surface area contributed by atoms with Gasteiger partial charge < -0.3 is 9.47 Å². The zero-order valence-electron chi connectivity index (χ0n) is 18.0. The molecule has 154 valence electrons. The number of thiophene rings is 1. The van der Waals surface area contributed by atoms with Gasteiger partial charge in [-0.2, -0.15) is 5.26 Å². The van der Waals surface area contributed by atoms with Gasteiger partial charge in [-0.25, -0.2) is 4.99 Å². The van der Waals surface area contributed by atoms with E-state index in [-0.39, 0.29) is 5.41 Å². The Morgan fingerprint density at radius 3 is 2.59 bits per heavy atom. The zero-order valence-corrected chi connectivity index (χ0v) is 18.9. The standard InChI is InChI=1S/C24H30N2O2S/c1-6-27-20-11-8-16(12-21(20)28-7-2)15-26-23-19(14-25)18-10-9-17(24(3,4)5)13-22(18)29-23/h8,11-12,15,17H,6-7,9-10,13H2,1-5H3/t17-/m1/s1. The van der Waals surface area contributed by atoms with Gasteiger partial charge in [-0.15, -0.1) is 11.3 Å². The largest absolute Gasteiger partial charge is 0.490 e. The van der Waals surface area contributed by atoms with E-state index in [0.29, 0.717) is 19.1 Å². The summed E-state index contributed by atoms with van der Waals surface area (Å²) in [4.78, 5) is 6.03. The van der Waals surface area contributed by atoms with Crippen LogP contribution in [0.4, 0.5) is 5.00 Å². The molecule has 1 atom stereocenters. The van der Waals surface area contributed by atoms with Crippen LogP contribution in [0.15, 0.2) is 23.2 Å². The summed E-state index contributed by atoms with van der Waals surface area (Å²) in [5.74, 6) is 2.11. The molecule has 1 aromatic heterocycles. The molecule has 1 aromatic carbocycles. The minimum absolute atomic E-state index is 0.288. The SMILES string of the molecule is CCOc1ccc(C=Nc2sc3c(c2C#N)CC[C@@H](C(C)(C)C)C3)cc1OCC. The van der Waals surface area contributed by atoms with Crippen molar-refractivity contribution in [1.82, 2.24) is 0 Å². The van der Waals surface area contributed by atoms with Crippen LogP contribution in [0.3, 0.4) is 0 Å². The third-order valence-electron chi connectivity index (χ3n) is 5.48. The van der Waals surface area contributed by atoms with Gasteiger partial charge in [0.15, 0.2) is 11.5 Å². The molecule has 0 bridgehead atoms. The summed E-state index contributed by atoms with van der Waals surface area (Å²) in [5, 5.41) is 10.6. The van der Waals surface area contributed by atoms with Crippen molar-refractivity contribution in [3.63, 3.8) is 0 Å². The number of hydrogen-bond donors (Lipinski definition) is 0. The van der Waals surface area contributed by atoms with E-state index < -0.39 is 0 Å². The van der Waals surface area contributed by atoms with Crippen molar-refractivity contribution in [1.29, 1.82) is 5.26 Å². The molecule has 0 fully saturated rings. The molecule has 1 heterocycles. The monoisotopic (exact) mass is 410 g/mol. The molecular formula is C24H30N2O2S. The van der Waals surface area contributed by atoms with E-state index >= 15 is 0 Å². The van der Waals surface area contributed by atoms with Gasteiger partial charge in [0.1, 0.15) is 11.1 Å². The quantitative estimate of drug-likeness (QED) is 0.524. The van der Waals surface area contributed by atoms with Crippen LogP contribution < -0.4 is 9.47 Å². The fraction of sp³-hybridized carbons (Fsp3) is 0.500. The molecule has 1 aliphatic carbocycles. The van der Waals surface area contributed by atoms with Crippen LogP contribution in [0.25, 0.3) is 0 Å². The molecule has 2 aromatic rings. The van der Waals surface area contributed by atoms with Crippen molar-refractivity contribution in [2.75, 3.05) is 13.2 Å². The maximum absolute atomic E-state index is 9.74. The zero-order chi connectivity index (χ0) is 21.0. The highest BCUT2D eigenvalue weighted by Crippen LogP contribution is 2.44. The highest BCUT2D eigenvalue weighted by atomic mass is 32.1. The van der Waals surface area contributed by atoms with Gasteiger partial charge in [-0.3, -0.25) is 0 Å². The van der Waals surface area contributed by atoms with E-state index in [0.717, 1.165) is 46.9 Å². The fourth-order valence-electron chi connectivity index (χ4n) is 3.80. The Labute approximate surface area is 178 Å².